The first-order valence-corrected chi connectivity index (χ1v) is 10.6. The molecule has 2 aliphatic rings. The van der Waals surface area contributed by atoms with Gasteiger partial charge in [0.1, 0.15) is 0 Å². The molecule has 0 bridgehead atoms. The standard InChI is InChI=1S/C18H27N3O3S/c1-16-5-7-17(8-6-16)25(23,24)21-13-11-20(12-14-21)18(22)15-19-9-3-2-4-10-19/h5-8H,2-4,9-15H2,1H3/p+1. The highest BCUT2D eigenvalue weighted by Crippen LogP contribution is 2.18. The minimum atomic E-state index is -3.46. The molecule has 2 saturated heterocycles. The normalized spacial score (nSPS) is 20.6. The van der Waals surface area contributed by atoms with E-state index in [4.69, 9.17) is 0 Å². The van der Waals surface area contributed by atoms with E-state index >= 15 is 0 Å². The Kier molecular flexibility index (Phi) is 5.76. The molecule has 0 aliphatic carbocycles. The summed E-state index contributed by atoms with van der Waals surface area (Å²) in [5.74, 6) is 0.157. The Hall–Kier alpha value is -1.44. The Morgan fingerprint density at radius 1 is 1.00 bits per heavy atom. The van der Waals surface area contributed by atoms with Crippen LogP contribution in [-0.2, 0) is 14.8 Å². The number of piperidine rings is 1. The first-order valence-electron chi connectivity index (χ1n) is 9.15. The van der Waals surface area contributed by atoms with Gasteiger partial charge in [0.2, 0.25) is 10.0 Å². The number of sulfonamides is 1. The average Bonchev–Trinajstić information content (AvgIpc) is 2.63. The minimum absolute atomic E-state index is 0.157. The van der Waals surface area contributed by atoms with E-state index in [2.05, 4.69) is 0 Å². The van der Waals surface area contributed by atoms with E-state index in [-0.39, 0.29) is 5.91 Å². The molecule has 2 fully saturated rings. The maximum absolute atomic E-state index is 12.7. The lowest BCUT2D eigenvalue weighted by atomic mass is 10.1. The number of nitrogens with one attached hydrogen (secondary N) is 1. The number of quaternary nitrogens is 1. The van der Waals surface area contributed by atoms with Crippen LogP contribution in [0.15, 0.2) is 29.2 Å². The smallest absolute Gasteiger partial charge is 0.277 e. The van der Waals surface area contributed by atoms with Crippen molar-refractivity contribution in [2.24, 2.45) is 0 Å². The number of benzene rings is 1. The number of amides is 1. The van der Waals surface area contributed by atoms with Crippen LogP contribution in [0.25, 0.3) is 0 Å². The van der Waals surface area contributed by atoms with E-state index in [1.807, 2.05) is 24.0 Å². The highest BCUT2D eigenvalue weighted by Gasteiger charge is 2.31. The molecule has 25 heavy (non-hydrogen) atoms. The van der Waals surface area contributed by atoms with Gasteiger partial charge in [0.15, 0.2) is 6.54 Å². The average molecular weight is 367 g/mol. The molecule has 0 spiro atoms. The van der Waals surface area contributed by atoms with Crippen molar-refractivity contribution < 1.29 is 18.1 Å². The largest absolute Gasteiger partial charge is 0.335 e. The van der Waals surface area contributed by atoms with Gasteiger partial charge < -0.3 is 9.80 Å². The topological polar surface area (TPSA) is 62.1 Å². The van der Waals surface area contributed by atoms with Gasteiger partial charge in [-0.05, 0) is 38.3 Å². The van der Waals surface area contributed by atoms with Crippen molar-refractivity contribution in [2.75, 3.05) is 45.8 Å². The van der Waals surface area contributed by atoms with E-state index in [9.17, 15) is 13.2 Å². The molecule has 2 aliphatic heterocycles. The van der Waals surface area contributed by atoms with Crippen molar-refractivity contribution in [1.82, 2.24) is 9.21 Å². The van der Waals surface area contributed by atoms with Crippen LogP contribution in [0, 0.1) is 6.92 Å². The summed E-state index contributed by atoms with van der Waals surface area (Å²) < 4.78 is 26.9. The highest BCUT2D eigenvalue weighted by molar-refractivity contribution is 7.89. The van der Waals surface area contributed by atoms with Gasteiger partial charge in [0.05, 0.1) is 18.0 Å². The summed E-state index contributed by atoms with van der Waals surface area (Å²) in [4.78, 5) is 16.0. The Balaban J connectivity index is 1.55. The van der Waals surface area contributed by atoms with E-state index in [1.165, 1.54) is 28.5 Å². The molecule has 2 heterocycles. The fourth-order valence-corrected chi connectivity index (χ4v) is 5.01. The predicted molar refractivity (Wildman–Crippen MR) is 95.9 cm³/mol. The lowest BCUT2D eigenvalue weighted by Gasteiger charge is -2.34. The molecular weight excluding hydrogens is 338 g/mol. The third kappa shape index (κ3) is 4.40. The molecule has 0 unspecified atom stereocenters. The summed E-state index contributed by atoms with van der Waals surface area (Å²) in [7, 11) is -3.46. The third-order valence-electron chi connectivity index (χ3n) is 5.21. The molecular formula is C18H28N3O3S+. The zero-order valence-corrected chi connectivity index (χ0v) is 15.7. The minimum Gasteiger partial charge on any atom is -0.335 e. The lowest BCUT2D eigenvalue weighted by Crippen LogP contribution is -3.13. The number of piperazine rings is 1. The Bertz CT molecular complexity index is 689. The molecule has 1 aromatic carbocycles. The second-order valence-corrected chi connectivity index (χ2v) is 9.02. The maximum Gasteiger partial charge on any atom is 0.277 e. The predicted octanol–water partition coefficient (Wildman–Crippen LogP) is -0.103. The van der Waals surface area contributed by atoms with Gasteiger partial charge in [-0.1, -0.05) is 17.7 Å². The van der Waals surface area contributed by atoms with Crippen molar-refractivity contribution in [3.63, 3.8) is 0 Å². The van der Waals surface area contributed by atoms with Gasteiger partial charge in [-0.25, -0.2) is 8.42 Å². The molecule has 0 atom stereocenters. The third-order valence-corrected chi connectivity index (χ3v) is 7.12. The number of aryl methyl sites for hydroxylation is 1. The monoisotopic (exact) mass is 366 g/mol. The van der Waals surface area contributed by atoms with Crippen LogP contribution in [0.2, 0.25) is 0 Å². The highest BCUT2D eigenvalue weighted by atomic mass is 32.2. The van der Waals surface area contributed by atoms with Gasteiger partial charge >= 0.3 is 0 Å². The zero-order valence-electron chi connectivity index (χ0n) is 14.9. The number of nitrogens with zero attached hydrogens (tertiary/aromatic N) is 2. The quantitative estimate of drug-likeness (QED) is 0.809. The van der Waals surface area contributed by atoms with Gasteiger partial charge in [0, 0.05) is 26.2 Å². The SMILES string of the molecule is Cc1ccc(S(=O)(=O)N2CCN(C(=O)C[NH+]3CCCCC3)CC2)cc1. The number of likely N-dealkylation sites (tertiary alicyclic amines) is 1. The maximum atomic E-state index is 12.7. The van der Waals surface area contributed by atoms with Gasteiger partial charge in [-0.3, -0.25) is 4.79 Å². The molecule has 138 valence electrons. The van der Waals surface area contributed by atoms with Crippen LogP contribution in [0.5, 0.6) is 0 Å². The zero-order chi connectivity index (χ0) is 17.9. The van der Waals surface area contributed by atoms with Crippen LogP contribution in [0.3, 0.4) is 0 Å². The van der Waals surface area contributed by atoms with Crippen LogP contribution in [0.1, 0.15) is 24.8 Å². The lowest BCUT2D eigenvalue weighted by molar-refractivity contribution is -0.897. The first kappa shape index (κ1) is 18.4. The van der Waals surface area contributed by atoms with Crippen molar-refractivity contribution in [3.05, 3.63) is 29.8 Å². The summed E-state index contributed by atoms with van der Waals surface area (Å²) in [6, 6.07) is 6.94. The summed E-state index contributed by atoms with van der Waals surface area (Å²) in [6.07, 6.45) is 3.67. The van der Waals surface area contributed by atoms with Crippen molar-refractivity contribution in [1.29, 1.82) is 0 Å². The molecule has 3 rings (SSSR count). The van der Waals surface area contributed by atoms with E-state index in [0.717, 1.165) is 18.7 Å². The van der Waals surface area contributed by atoms with Gasteiger partial charge in [-0.15, -0.1) is 0 Å². The molecule has 1 amide bonds. The molecule has 1 N–H and O–H groups in total. The molecule has 0 saturated carbocycles. The molecule has 1 aromatic rings. The molecule has 6 nitrogen and oxygen atoms in total. The fraction of sp³-hybridized carbons (Fsp3) is 0.611. The van der Waals surface area contributed by atoms with E-state index in [1.54, 1.807) is 12.1 Å². The second-order valence-electron chi connectivity index (χ2n) is 7.09. The number of carbonyl (C=O) groups is 1. The van der Waals surface area contributed by atoms with Gasteiger partial charge in [-0.2, -0.15) is 4.31 Å². The van der Waals surface area contributed by atoms with Crippen LogP contribution in [0.4, 0.5) is 0 Å². The Labute approximate surface area is 150 Å². The van der Waals surface area contributed by atoms with Crippen molar-refractivity contribution >= 4 is 15.9 Å². The Morgan fingerprint density at radius 2 is 1.60 bits per heavy atom. The molecule has 7 heteroatoms. The number of hydrogen-bond acceptors (Lipinski definition) is 3. The summed E-state index contributed by atoms with van der Waals surface area (Å²) >= 11 is 0. The van der Waals surface area contributed by atoms with Crippen LogP contribution in [-0.4, -0.2) is 69.3 Å². The fourth-order valence-electron chi connectivity index (χ4n) is 3.59. The number of hydrogen-bond donors (Lipinski definition) is 1. The summed E-state index contributed by atoms with van der Waals surface area (Å²) in [6.45, 7) is 6.35. The van der Waals surface area contributed by atoms with Crippen LogP contribution >= 0.6 is 0 Å². The molecule has 0 radical (unpaired) electrons. The number of carbonyl (C=O) groups excluding carboxylic acids is 1. The van der Waals surface area contributed by atoms with E-state index in [0.29, 0.717) is 37.6 Å². The van der Waals surface area contributed by atoms with Gasteiger partial charge in [0.25, 0.3) is 5.91 Å². The summed E-state index contributed by atoms with van der Waals surface area (Å²) in [5.41, 5.74) is 1.04. The molecule has 0 aromatic heterocycles. The van der Waals surface area contributed by atoms with Crippen molar-refractivity contribution in [2.45, 2.75) is 31.1 Å². The van der Waals surface area contributed by atoms with Crippen molar-refractivity contribution in [3.8, 4) is 0 Å². The van der Waals surface area contributed by atoms with Crippen LogP contribution < -0.4 is 4.90 Å². The Morgan fingerprint density at radius 3 is 2.20 bits per heavy atom. The number of rotatable bonds is 4. The first-order chi connectivity index (χ1) is 12.0. The van der Waals surface area contributed by atoms with E-state index < -0.39 is 10.0 Å². The second kappa shape index (κ2) is 7.85. The summed E-state index contributed by atoms with van der Waals surface area (Å²) in [5, 5.41) is 0.